The summed E-state index contributed by atoms with van der Waals surface area (Å²) in [7, 11) is 1.43. The number of benzene rings is 2. The third kappa shape index (κ3) is 4.43. The predicted molar refractivity (Wildman–Crippen MR) is 121 cm³/mol. The quantitative estimate of drug-likeness (QED) is 0.669. The highest BCUT2D eigenvalue weighted by Gasteiger charge is 2.40. The van der Waals surface area contributed by atoms with Crippen molar-refractivity contribution in [3.63, 3.8) is 0 Å². The Morgan fingerprint density at radius 2 is 1.70 bits per heavy atom. The number of amides is 2. The summed E-state index contributed by atoms with van der Waals surface area (Å²) < 4.78 is 10.9. The van der Waals surface area contributed by atoms with Crippen LogP contribution in [0.4, 0.5) is 4.79 Å². The van der Waals surface area contributed by atoms with Crippen LogP contribution in [0, 0.1) is 0 Å². The van der Waals surface area contributed by atoms with Gasteiger partial charge in [-0.3, -0.25) is 4.79 Å². The molecule has 2 aromatic carbocycles. The van der Waals surface area contributed by atoms with E-state index in [1.165, 1.54) is 12.0 Å². The fourth-order valence-corrected chi connectivity index (χ4v) is 4.75. The molecule has 174 valence electrons. The summed E-state index contributed by atoms with van der Waals surface area (Å²) >= 11 is 0. The molecule has 1 aliphatic carbocycles. The number of carboxylic acids is 1. The summed E-state index contributed by atoms with van der Waals surface area (Å²) in [5.74, 6) is -1.64. The smallest absolute Gasteiger partial charge is 0.407 e. The number of likely N-dealkylation sites (tertiary alicyclic amines) is 1. The van der Waals surface area contributed by atoms with Crippen molar-refractivity contribution in [1.82, 2.24) is 10.2 Å². The molecular formula is C25H28N2O6. The number of alkyl carbamates (subject to hydrolysis) is 1. The number of carboxylic acid groups (broad SMARTS) is 1. The standard InChI is InChI=1S/C25H28N2O6/c1-15(32-2)22(23(28)27-13-7-12-21(27)24(29)30)26-25(31)33-14-20-18-10-5-3-8-16(18)17-9-4-6-11-19(17)20/h3-6,8-11,15,20-22H,7,12-14H2,1-2H3,(H,26,31)(H,29,30). The van der Waals surface area contributed by atoms with E-state index in [1.54, 1.807) is 6.92 Å². The molecule has 0 spiro atoms. The van der Waals surface area contributed by atoms with Crippen molar-refractivity contribution in [3.05, 3.63) is 59.7 Å². The molecule has 1 heterocycles. The zero-order chi connectivity index (χ0) is 23.5. The second kappa shape index (κ2) is 9.62. The highest BCUT2D eigenvalue weighted by atomic mass is 16.5. The van der Waals surface area contributed by atoms with E-state index in [0.29, 0.717) is 19.4 Å². The lowest BCUT2D eigenvalue weighted by atomic mass is 9.98. The zero-order valence-corrected chi connectivity index (χ0v) is 18.7. The summed E-state index contributed by atoms with van der Waals surface area (Å²) in [6, 6.07) is 14.1. The number of nitrogens with one attached hydrogen (secondary N) is 1. The second-order valence-corrected chi connectivity index (χ2v) is 8.42. The van der Waals surface area contributed by atoms with Crippen LogP contribution in [-0.4, -0.2) is 66.4 Å². The van der Waals surface area contributed by atoms with Gasteiger partial charge in [-0.05, 0) is 42.0 Å². The van der Waals surface area contributed by atoms with Crippen molar-refractivity contribution in [2.75, 3.05) is 20.3 Å². The van der Waals surface area contributed by atoms with E-state index in [1.807, 2.05) is 36.4 Å². The van der Waals surface area contributed by atoms with E-state index in [4.69, 9.17) is 9.47 Å². The predicted octanol–water partition coefficient (Wildman–Crippen LogP) is 3.00. The molecule has 2 aromatic rings. The van der Waals surface area contributed by atoms with Crippen LogP contribution in [-0.2, 0) is 19.1 Å². The number of carbonyl (C=O) groups is 3. The Kier molecular flexibility index (Phi) is 6.65. The van der Waals surface area contributed by atoms with Crippen LogP contribution in [0.25, 0.3) is 11.1 Å². The van der Waals surface area contributed by atoms with Gasteiger partial charge in [0, 0.05) is 19.6 Å². The molecule has 1 fully saturated rings. The van der Waals surface area contributed by atoms with E-state index in [9.17, 15) is 19.5 Å². The fourth-order valence-electron chi connectivity index (χ4n) is 4.75. The van der Waals surface area contributed by atoms with E-state index in [2.05, 4.69) is 17.4 Å². The van der Waals surface area contributed by atoms with Crippen LogP contribution in [0.2, 0.25) is 0 Å². The number of hydrogen-bond acceptors (Lipinski definition) is 5. The summed E-state index contributed by atoms with van der Waals surface area (Å²) in [6.07, 6.45) is -0.417. The maximum Gasteiger partial charge on any atom is 0.407 e. The van der Waals surface area contributed by atoms with Gasteiger partial charge in [0.2, 0.25) is 5.91 Å². The van der Waals surface area contributed by atoms with Crippen LogP contribution < -0.4 is 5.32 Å². The molecule has 3 unspecified atom stereocenters. The lowest BCUT2D eigenvalue weighted by Crippen LogP contribution is -2.56. The van der Waals surface area contributed by atoms with Gasteiger partial charge >= 0.3 is 12.1 Å². The number of ether oxygens (including phenoxy) is 2. The monoisotopic (exact) mass is 452 g/mol. The maximum absolute atomic E-state index is 13.1. The first-order valence-electron chi connectivity index (χ1n) is 11.1. The summed E-state index contributed by atoms with van der Waals surface area (Å²) in [6.45, 7) is 2.09. The van der Waals surface area contributed by atoms with Crippen LogP contribution in [0.15, 0.2) is 48.5 Å². The average Bonchev–Trinajstić information content (AvgIpc) is 3.44. The second-order valence-electron chi connectivity index (χ2n) is 8.42. The summed E-state index contributed by atoms with van der Waals surface area (Å²) in [5, 5.41) is 12.0. The molecule has 0 saturated carbocycles. The third-order valence-electron chi connectivity index (χ3n) is 6.55. The third-order valence-corrected chi connectivity index (χ3v) is 6.55. The molecule has 4 rings (SSSR count). The molecule has 8 nitrogen and oxygen atoms in total. The summed E-state index contributed by atoms with van der Waals surface area (Å²) in [4.78, 5) is 38.6. The first-order chi connectivity index (χ1) is 15.9. The molecule has 0 bridgehead atoms. The van der Waals surface area contributed by atoms with Gasteiger partial charge in [-0.2, -0.15) is 0 Å². The Balaban J connectivity index is 1.46. The Morgan fingerprint density at radius 3 is 2.27 bits per heavy atom. The summed E-state index contributed by atoms with van der Waals surface area (Å²) in [5.41, 5.74) is 4.42. The molecule has 1 saturated heterocycles. The van der Waals surface area contributed by atoms with Gasteiger partial charge < -0.3 is 24.8 Å². The lowest BCUT2D eigenvalue weighted by molar-refractivity contribution is -0.150. The minimum atomic E-state index is -1.05. The van der Waals surface area contributed by atoms with Crippen LogP contribution >= 0.6 is 0 Å². The Hall–Kier alpha value is -3.39. The fraction of sp³-hybridized carbons (Fsp3) is 0.400. The minimum Gasteiger partial charge on any atom is -0.480 e. The van der Waals surface area contributed by atoms with Gasteiger partial charge in [0.25, 0.3) is 0 Å². The van der Waals surface area contributed by atoms with Crippen molar-refractivity contribution < 1.29 is 29.0 Å². The maximum atomic E-state index is 13.1. The average molecular weight is 453 g/mol. The van der Waals surface area contributed by atoms with Crippen molar-refractivity contribution in [1.29, 1.82) is 0 Å². The van der Waals surface area contributed by atoms with E-state index in [0.717, 1.165) is 22.3 Å². The van der Waals surface area contributed by atoms with Gasteiger partial charge in [0.15, 0.2) is 0 Å². The van der Waals surface area contributed by atoms with Crippen molar-refractivity contribution >= 4 is 18.0 Å². The Morgan fingerprint density at radius 1 is 1.09 bits per heavy atom. The molecule has 2 aliphatic rings. The van der Waals surface area contributed by atoms with Crippen LogP contribution in [0.5, 0.6) is 0 Å². The molecule has 2 N–H and O–H groups in total. The van der Waals surface area contributed by atoms with Crippen molar-refractivity contribution in [2.45, 2.75) is 43.9 Å². The Labute approximate surface area is 192 Å². The number of carbonyl (C=O) groups excluding carboxylic acids is 2. The van der Waals surface area contributed by atoms with Gasteiger partial charge in [-0.25, -0.2) is 9.59 Å². The van der Waals surface area contributed by atoms with Crippen molar-refractivity contribution in [2.24, 2.45) is 0 Å². The topological polar surface area (TPSA) is 105 Å². The SMILES string of the molecule is COC(C)C(NC(=O)OCC1c2ccccc2-c2ccccc21)C(=O)N1CCCC1C(=O)O. The molecule has 3 atom stereocenters. The first-order valence-corrected chi connectivity index (χ1v) is 11.1. The number of aliphatic carboxylic acids is 1. The molecule has 1 aliphatic heterocycles. The number of nitrogens with zero attached hydrogens (tertiary/aromatic N) is 1. The van der Waals surface area contributed by atoms with Crippen LogP contribution in [0.3, 0.4) is 0 Å². The number of fused-ring (bicyclic) bond motifs is 3. The molecule has 0 radical (unpaired) electrons. The highest BCUT2D eigenvalue weighted by molar-refractivity contribution is 5.90. The van der Waals surface area contributed by atoms with E-state index in [-0.39, 0.29) is 12.5 Å². The molecule has 2 amide bonds. The van der Waals surface area contributed by atoms with Gasteiger partial charge in [-0.1, -0.05) is 48.5 Å². The van der Waals surface area contributed by atoms with Crippen molar-refractivity contribution in [3.8, 4) is 11.1 Å². The van der Waals surface area contributed by atoms with Gasteiger partial charge in [-0.15, -0.1) is 0 Å². The number of methoxy groups -OCH3 is 1. The normalized spacial score (nSPS) is 18.8. The van der Waals surface area contributed by atoms with Crippen LogP contribution in [0.1, 0.15) is 36.8 Å². The van der Waals surface area contributed by atoms with Gasteiger partial charge in [0.1, 0.15) is 18.7 Å². The highest BCUT2D eigenvalue weighted by Crippen LogP contribution is 2.44. The molecule has 8 heteroatoms. The van der Waals surface area contributed by atoms with E-state index < -0.39 is 36.2 Å². The first kappa shape index (κ1) is 22.8. The molecule has 33 heavy (non-hydrogen) atoms. The minimum absolute atomic E-state index is 0.105. The number of rotatable bonds is 7. The largest absolute Gasteiger partial charge is 0.480 e. The lowest BCUT2D eigenvalue weighted by Gasteiger charge is -2.29. The van der Waals surface area contributed by atoms with Gasteiger partial charge in [0.05, 0.1) is 6.10 Å². The molecule has 0 aromatic heterocycles. The van der Waals surface area contributed by atoms with E-state index >= 15 is 0 Å². The number of hydrogen-bond donors (Lipinski definition) is 2. The molecular weight excluding hydrogens is 424 g/mol. The zero-order valence-electron chi connectivity index (χ0n) is 18.7. The Bertz CT molecular complexity index is 1010.